The molecule has 98 valence electrons. The minimum Gasteiger partial charge on any atom is -0.484 e. The second kappa shape index (κ2) is 6.64. The number of nitrogens with one attached hydrogen (secondary N) is 1. The summed E-state index contributed by atoms with van der Waals surface area (Å²) < 4.78 is 5.30. The maximum Gasteiger partial charge on any atom is 0.258 e. The molecule has 2 amide bonds. The van der Waals surface area contributed by atoms with Crippen LogP contribution in [0.3, 0.4) is 0 Å². The Morgan fingerprint density at radius 3 is 2.67 bits per heavy atom. The molecule has 0 aliphatic heterocycles. The molecule has 5 heteroatoms. The number of benzene rings is 1. The molecular formula is C13H18N2O3. The smallest absolute Gasteiger partial charge is 0.258 e. The fraction of sp³-hybridized carbons (Fsp3) is 0.385. The molecule has 18 heavy (non-hydrogen) atoms. The number of hydrogen-bond donors (Lipinski definition) is 1. The first-order chi connectivity index (χ1) is 8.49. The molecule has 1 aromatic rings. The van der Waals surface area contributed by atoms with Gasteiger partial charge in [0, 0.05) is 14.1 Å². The monoisotopic (exact) mass is 250 g/mol. The van der Waals surface area contributed by atoms with Crippen molar-refractivity contribution >= 4 is 11.8 Å². The second-order valence-electron chi connectivity index (χ2n) is 4.17. The first-order valence-corrected chi connectivity index (χ1v) is 5.65. The maximum absolute atomic E-state index is 11.4. The van der Waals surface area contributed by atoms with Gasteiger partial charge in [-0.2, -0.15) is 0 Å². The van der Waals surface area contributed by atoms with Crippen molar-refractivity contribution in [1.82, 2.24) is 10.2 Å². The fourth-order valence-electron chi connectivity index (χ4n) is 1.24. The van der Waals surface area contributed by atoms with Crippen LogP contribution in [0.15, 0.2) is 24.3 Å². The molecule has 0 bridgehead atoms. The Hall–Kier alpha value is -2.04. The molecule has 0 radical (unpaired) electrons. The van der Waals surface area contributed by atoms with E-state index in [1.54, 1.807) is 20.2 Å². The number of amides is 2. The predicted octanol–water partition coefficient (Wildman–Crippen LogP) is 0.578. The van der Waals surface area contributed by atoms with Crippen LogP contribution in [-0.2, 0) is 9.59 Å². The van der Waals surface area contributed by atoms with Crippen molar-refractivity contribution in [2.24, 2.45) is 0 Å². The Labute approximate surface area is 107 Å². The lowest BCUT2D eigenvalue weighted by atomic mass is 10.2. The fourth-order valence-corrected chi connectivity index (χ4v) is 1.24. The first-order valence-electron chi connectivity index (χ1n) is 5.65. The number of likely N-dealkylation sites (N-methyl/N-ethyl adjacent to an activating group) is 1. The summed E-state index contributed by atoms with van der Waals surface area (Å²) in [5.41, 5.74) is 1.07. The average molecular weight is 250 g/mol. The van der Waals surface area contributed by atoms with Crippen LogP contribution in [0.1, 0.15) is 5.56 Å². The summed E-state index contributed by atoms with van der Waals surface area (Å²) in [7, 11) is 3.27. The standard InChI is InChI=1S/C13H18N2O3/c1-10-5-4-6-11(7-10)18-9-12(16)14-8-13(17)15(2)3/h4-7H,8-9H2,1-3H3,(H,14,16). The minimum atomic E-state index is -0.313. The van der Waals surface area contributed by atoms with Crippen molar-refractivity contribution in [2.75, 3.05) is 27.2 Å². The lowest BCUT2D eigenvalue weighted by Crippen LogP contribution is -2.38. The third-order valence-corrected chi connectivity index (χ3v) is 2.30. The summed E-state index contributed by atoms with van der Waals surface area (Å²) in [4.78, 5) is 24.1. The summed E-state index contributed by atoms with van der Waals surface area (Å²) in [6, 6.07) is 7.43. The van der Waals surface area contributed by atoms with Crippen LogP contribution < -0.4 is 10.1 Å². The molecule has 0 saturated heterocycles. The van der Waals surface area contributed by atoms with Crippen molar-refractivity contribution in [3.63, 3.8) is 0 Å². The van der Waals surface area contributed by atoms with Crippen LogP contribution in [-0.4, -0.2) is 44.0 Å². The number of ether oxygens (including phenoxy) is 1. The highest BCUT2D eigenvalue weighted by molar-refractivity contribution is 5.85. The highest BCUT2D eigenvalue weighted by Crippen LogP contribution is 2.11. The van der Waals surface area contributed by atoms with Gasteiger partial charge in [0.15, 0.2) is 6.61 Å². The van der Waals surface area contributed by atoms with Gasteiger partial charge in [-0.25, -0.2) is 0 Å². The van der Waals surface area contributed by atoms with E-state index >= 15 is 0 Å². The zero-order chi connectivity index (χ0) is 13.5. The topological polar surface area (TPSA) is 58.6 Å². The van der Waals surface area contributed by atoms with Crippen LogP contribution in [0.25, 0.3) is 0 Å². The van der Waals surface area contributed by atoms with Crippen molar-refractivity contribution < 1.29 is 14.3 Å². The SMILES string of the molecule is Cc1cccc(OCC(=O)NCC(=O)N(C)C)c1. The van der Waals surface area contributed by atoms with Gasteiger partial charge in [0.05, 0.1) is 6.54 Å². The largest absolute Gasteiger partial charge is 0.484 e. The molecule has 0 aliphatic rings. The lowest BCUT2D eigenvalue weighted by molar-refractivity contribution is -0.131. The van der Waals surface area contributed by atoms with Crippen molar-refractivity contribution in [3.05, 3.63) is 29.8 Å². The molecule has 0 heterocycles. The zero-order valence-corrected chi connectivity index (χ0v) is 10.9. The predicted molar refractivity (Wildman–Crippen MR) is 68.4 cm³/mol. The molecule has 0 spiro atoms. The van der Waals surface area contributed by atoms with Gasteiger partial charge in [0.2, 0.25) is 5.91 Å². The molecule has 0 fully saturated rings. The van der Waals surface area contributed by atoms with Crippen LogP contribution in [0.5, 0.6) is 5.75 Å². The lowest BCUT2D eigenvalue weighted by Gasteiger charge is -2.11. The Kier molecular flexibility index (Phi) is 5.17. The Balaban J connectivity index is 2.31. The molecule has 0 saturated carbocycles. The number of carbonyl (C=O) groups excluding carboxylic acids is 2. The van der Waals surface area contributed by atoms with Gasteiger partial charge in [-0.3, -0.25) is 9.59 Å². The van der Waals surface area contributed by atoms with Gasteiger partial charge >= 0.3 is 0 Å². The van der Waals surface area contributed by atoms with Gasteiger partial charge in [-0.05, 0) is 24.6 Å². The number of aryl methyl sites for hydroxylation is 1. The Morgan fingerprint density at radius 1 is 1.33 bits per heavy atom. The van der Waals surface area contributed by atoms with E-state index in [1.165, 1.54) is 4.90 Å². The molecule has 5 nitrogen and oxygen atoms in total. The van der Waals surface area contributed by atoms with E-state index in [4.69, 9.17) is 4.74 Å². The molecule has 1 rings (SSSR count). The van der Waals surface area contributed by atoms with E-state index < -0.39 is 0 Å². The Morgan fingerprint density at radius 2 is 2.06 bits per heavy atom. The zero-order valence-electron chi connectivity index (χ0n) is 10.9. The van der Waals surface area contributed by atoms with Crippen LogP contribution in [0.2, 0.25) is 0 Å². The second-order valence-corrected chi connectivity index (χ2v) is 4.17. The van der Waals surface area contributed by atoms with Crippen LogP contribution >= 0.6 is 0 Å². The molecule has 0 unspecified atom stereocenters. The third-order valence-electron chi connectivity index (χ3n) is 2.30. The average Bonchev–Trinajstić information content (AvgIpc) is 2.33. The minimum absolute atomic E-state index is 0.0109. The quantitative estimate of drug-likeness (QED) is 0.831. The van der Waals surface area contributed by atoms with E-state index in [2.05, 4.69) is 5.32 Å². The summed E-state index contributed by atoms with van der Waals surface area (Å²) in [5.74, 6) is 0.176. The van der Waals surface area contributed by atoms with Gasteiger partial charge < -0.3 is 15.0 Å². The maximum atomic E-state index is 11.4. The first kappa shape index (κ1) is 14.0. The number of nitrogens with zero attached hydrogens (tertiary/aromatic N) is 1. The molecular weight excluding hydrogens is 232 g/mol. The third kappa shape index (κ3) is 4.86. The van der Waals surface area contributed by atoms with E-state index in [9.17, 15) is 9.59 Å². The molecule has 0 aliphatic carbocycles. The molecule has 1 aromatic carbocycles. The van der Waals surface area contributed by atoms with E-state index in [0.717, 1.165) is 5.56 Å². The number of hydrogen-bond acceptors (Lipinski definition) is 3. The van der Waals surface area contributed by atoms with E-state index in [0.29, 0.717) is 5.75 Å². The normalized spacial score (nSPS) is 9.72. The molecule has 0 aromatic heterocycles. The Bertz CT molecular complexity index is 430. The van der Waals surface area contributed by atoms with Crippen LogP contribution in [0, 0.1) is 6.92 Å². The van der Waals surface area contributed by atoms with Crippen LogP contribution in [0.4, 0.5) is 0 Å². The summed E-state index contributed by atoms with van der Waals surface area (Å²) in [5, 5.41) is 2.49. The molecule has 1 N–H and O–H groups in total. The van der Waals surface area contributed by atoms with Gasteiger partial charge in [0.25, 0.3) is 5.91 Å². The number of rotatable bonds is 5. The summed E-state index contributed by atoms with van der Waals surface area (Å²) in [6.45, 7) is 1.84. The van der Waals surface area contributed by atoms with Crippen molar-refractivity contribution in [3.8, 4) is 5.75 Å². The van der Waals surface area contributed by atoms with Crippen molar-refractivity contribution in [1.29, 1.82) is 0 Å². The highest BCUT2D eigenvalue weighted by Gasteiger charge is 2.07. The van der Waals surface area contributed by atoms with E-state index in [1.807, 2.05) is 25.1 Å². The number of carbonyl (C=O) groups is 2. The highest BCUT2D eigenvalue weighted by atomic mass is 16.5. The summed E-state index contributed by atoms with van der Waals surface area (Å²) >= 11 is 0. The van der Waals surface area contributed by atoms with Gasteiger partial charge in [0.1, 0.15) is 5.75 Å². The molecule has 0 atom stereocenters. The summed E-state index contributed by atoms with van der Waals surface area (Å²) in [6.07, 6.45) is 0. The van der Waals surface area contributed by atoms with Gasteiger partial charge in [-0.1, -0.05) is 12.1 Å². The van der Waals surface area contributed by atoms with Gasteiger partial charge in [-0.15, -0.1) is 0 Å². The van der Waals surface area contributed by atoms with E-state index in [-0.39, 0.29) is 25.0 Å². The van der Waals surface area contributed by atoms with Crippen molar-refractivity contribution in [2.45, 2.75) is 6.92 Å².